The second-order valence-corrected chi connectivity index (χ2v) is 6.24. The van der Waals surface area contributed by atoms with Gasteiger partial charge in [0, 0.05) is 17.1 Å². The normalized spacial score (nSPS) is 10.5. The molecule has 0 saturated heterocycles. The van der Waals surface area contributed by atoms with Gasteiger partial charge in [0.2, 0.25) is 5.91 Å². The van der Waals surface area contributed by atoms with E-state index in [1.807, 2.05) is 56.3 Å². The van der Waals surface area contributed by atoms with Crippen molar-refractivity contribution in [2.45, 2.75) is 20.3 Å². The number of hydrazine groups is 1. The standard InChI is InChI=1S/C20H21N3O3/c1-13-7-14(2)9-16(8-13)26-12-20(25)23-22-19(24)10-15-11-21-18-6-4-3-5-17(15)18/h3-9,11,21H,10,12H2,1-2H3,(H,22,24)(H,23,25). The lowest BCUT2D eigenvalue weighted by Crippen LogP contribution is -2.44. The predicted octanol–water partition coefficient (Wildman–Crippen LogP) is 2.55. The van der Waals surface area contributed by atoms with Crippen LogP contribution in [0.1, 0.15) is 16.7 Å². The van der Waals surface area contributed by atoms with E-state index in [2.05, 4.69) is 15.8 Å². The molecule has 0 radical (unpaired) electrons. The van der Waals surface area contributed by atoms with Gasteiger partial charge >= 0.3 is 0 Å². The summed E-state index contributed by atoms with van der Waals surface area (Å²) in [5, 5.41) is 0.993. The number of hydrogen-bond acceptors (Lipinski definition) is 3. The summed E-state index contributed by atoms with van der Waals surface area (Å²) in [6.45, 7) is 3.76. The number of fused-ring (bicyclic) bond motifs is 1. The van der Waals surface area contributed by atoms with Crippen LogP contribution in [0, 0.1) is 13.8 Å². The molecule has 6 heteroatoms. The largest absolute Gasteiger partial charge is 0.484 e. The number of amides is 2. The molecule has 0 aliphatic rings. The SMILES string of the molecule is Cc1cc(C)cc(OCC(=O)NNC(=O)Cc2c[nH]c3ccccc23)c1. The van der Waals surface area contributed by atoms with Gasteiger partial charge in [0.05, 0.1) is 6.42 Å². The minimum atomic E-state index is -0.420. The van der Waals surface area contributed by atoms with E-state index in [1.54, 1.807) is 6.20 Å². The number of H-pyrrole nitrogens is 1. The van der Waals surface area contributed by atoms with Gasteiger partial charge in [-0.25, -0.2) is 0 Å². The van der Waals surface area contributed by atoms with Crippen molar-refractivity contribution < 1.29 is 14.3 Å². The van der Waals surface area contributed by atoms with Crippen molar-refractivity contribution in [2.24, 2.45) is 0 Å². The lowest BCUT2D eigenvalue weighted by molar-refractivity contribution is -0.129. The third kappa shape index (κ3) is 4.42. The number of ether oxygens (including phenoxy) is 1. The Bertz CT molecular complexity index is 926. The van der Waals surface area contributed by atoms with E-state index >= 15 is 0 Å². The number of para-hydroxylation sites is 1. The average molecular weight is 351 g/mol. The maximum absolute atomic E-state index is 12.0. The second-order valence-electron chi connectivity index (χ2n) is 6.24. The summed E-state index contributed by atoms with van der Waals surface area (Å²) >= 11 is 0. The lowest BCUT2D eigenvalue weighted by Gasteiger charge is -2.10. The molecule has 3 rings (SSSR count). The molecule has 0 aliphatic heterocycles. The molecule has 26 heavy (non-hydrogen) atoms. The van der Waals surface area contributed by atoms with E-state index in [1.165, 1.54) is 0 Å². The van der Waals surface area contributed by atoms with Crippen molar-refractivity contribution in [1.82, 2.24) is 15.8 Å². The fourth-order valence-electron chi connectivity index (χ4n) is 2.84. The first-order valence-corrected chi connectivity index (χ1v) is 8.35. The molecule has 2 aromatic carbocycles. The highest BCUT2D eigenvalue weighted by Crippen LogP contribution is 2.18. The molecule has 0 unspecified atom stereocenters. The minimum Gasteiger partial charge on any atom is -0.484 e. The molecule has 134 valence electrons. The molecule has 1 aromatic heterocycles. The monoisotopic (exact) mass is 351 g/mol. The van der Waals surface area contributed by atoms with Crippen molar-refractivity contribution in [2.75, 3.05) is 6.61 Å². The summed E-state index contributed by atoms with van der Waals surface area (Å²) in [7, 11) is 0. The van der Waals surface area contributed by atoms with Crippen LogP contribution in [0.3, 0.4) is 0 Å². The van der Waals surface area contributed by atoms with Gasteiger partial charge in [-0.05, 0) is 48.7 Å². The van der Waals surface area contributed by atoms with E-state index in [9.17, 15) is 9.59 Å². The van der Waals surface area contributed by atoms with Crippen molar-refractivity contribution in [3.63, 3.8) is 0 Å². The van der Waals surface area contributed by atoms with Gasteiger partial charge in [0.1, 0.15) is 5.75 Å². The van der Waals surface area contributed by atoms with Gasteiger partial charge in [0.25, 0.3) is 5.91 Å². The maximum Gasteiger partial charge on any atom is 0.276 e. The first-order chi connectivity index (χ1) is 12.5. The van der Waals surface area contributed by atoms with Crippen LogP contribution in [0.5, 0.6) is 5.75 Å². The van der Waals surface area contributed by atoms with Gasteiger partial charge in [-0.2, -0.15) is 0 Å². The van der Waals surface area contributed by atoms with Crippen molar-refractivity contribution in [3.8, 4) is 5.75 Å². The zero-order valence-corrected chi connectivity index (χ0v) is 14.8. The van der Waals surface area contributed by atoms with Crippen molar-refractivity contribution in [3.05, 3.63) is 65.4 Å². The summed E-state index contributed by atoms with van der Waals surface area (Å²) in [5.41, 5.74) is 8.75. The zero-order chi connectivity index (χ0) is 18.5. The molecule has 0 spiro atoms. The molecular weight excluding hydrogens is 330 g/mol. The van der Waals surface area contributed by atoms with Crippen LogP contribution in [0.15, 0.2) is 48.7 Å². The number of aromatic nitrogens is 1. The Balaban J connectivity index is 1.47. The van der Waals surface area contributed by atoms with Crippen molar-refractivity contribution in [1.29, 1.82) is 0 Å². The van der Waals surface area contributed by atoms with Crippen LogP contribution in [-0.4, -0.2) is 23.4 Å². The highest BCUT2D eigenvalue weighted by Gasteiger charge is 2.10. The van der Waals surface area contributed by atoms with Gasteiger partial charge < -0.3 is 9.72 Å². The average Bonchev–Trinajstić information content (AvgIpc) is 3.00. The second kappa shape index (κ2) is 7.74. The summed E-state index contributed by atoms with van der Waals surface area (Å²) in [6.07, 6.45) is 1.97. The Morgan fingerprint density at radius 2 is 1.69 bits per heavy atom. The Kier molecular flexibility index (Phi) is 5.22. The summed E-state index contributed by atoms with van der Waals surface area (Å²) in [4.78, 5) is 27.0. The summed E-state index contributed by atoms with van der Waals surface area (Å²) in [5.74, 6) is -0.0892. The van der Waals surface area contributed by atoms with Gasteiger partial charge in [-0.3, -0.25) is 20.4 Å². The van der Waals surface area contributed by atoms with Crippen LogP contribution < -0.4 is 15.6 Å². The number of carbonyl (C=O) groups excluding carboxylic acids is 2. The molecule has 0 saturated carbocycles. The Labute approximate surface area is 151 Å². The number of aromatic amines is 1. The molecular formula is C20H21N3O3. The fraction of sp³-hybridized carbons (Fsp3) is 0.200. The Morgan fingerprint density at radius 3 is 2.46 bits per heavy atom. The smallest absolute Gasteiger partial charge is 0.276 e. The minimum absolute atomic E-state index is 0.169. The quantitative estimate of drug-likeness (QED) is 0.618. The van der Waals surface area contributed by atoms with Crippen molar-refractivity contribution >= 4 is 22.7 Å². The van der Waals surface area contributed by atoms with E-state index < -0.39 is 5.91 Å². The molecule has 0 bridgehead atoms. The molecule has 0 fully saturated rings. The van der Waals surface area contributed by atoms with Gasteiger partial charge in [-0.1, -0.05) is 24.3 Å². The fourth-order valence-corrected chi connectivity index (χ4v) is 2.84. The molecule has 3 N–H and O–H groups in total. The van der Waals surface area contributed by atoms with Gasteiger partial charge in [-0.15, -0.1) is 0 Å². The molecule has 0 atom stereocenters. The van der Waals surface area contributed by atoms with Gasteiger partial charge in [0.15, 0.2) is 6.61 Å². The number of carbonyl (C=O) groups is 2. The first-order valence-electron chi connectivity index (χ1n) is 8.35. The van der Waals surface area contributed by atoms with E-state index in [0.29, 0.717) is 5.75 Å². The van der Waals surface area contributed by atoms with Crippen LogP contribution in [0.4, 0.5) is 0 Å². The third-order valence-corrected chi connectivity index (χ3v) is 3.93. The lowest BCUT2D eigenvalue weighted by atomic mass is 10.1. The maximum atomic E-state index is 12.0. The third-order valence-electron chi connectivity index (χ3n) is 3.93. The first kappa shape index (κ1) is 17.5. The number of aryl methyl sites for hydroxylation is 2. The highest BCUT2D eigenvalue weighted by atomic mass is 16.5. The number of benzene rings is 2. The van der Waals surface area contributed by atoms with Crippen LogP contribution in [0.2, 0.25) is 0 Å². The number of hydrogen-bond donors (Lipinski definition) is 3. The number of nitrogens with one attached hydrogen (secondary N) is 3. The van der Waals surface area contributed by atoms with E-state index in [4.69, 9.17) is 4.74 Å². The summed E-state index contributed by atoms with van der Waals surface area (Å²) in [6, 6.07) is 13.5. The van der Waals surface area contributed by atoms with Crippen LogP contribution in [-0.2, 0) is 16.0 Å². The molecule has 1 heterocycles. The molecule has 3 aromatic rings. The highest BCUT2D eigenvalue weighted by molar-refractivity contribution is 5.89. The zero-order valence-electron chi connectivity index (χ0n) is 14.8. The van der Waals surface area contributed by atoms with E-state index in [0.717, 1.165) is 27.6 Å². The Morgan fingerprint density at radius 1 is 1.00 bits per heavy atom. The van der Waals surface area contributed by atoms with Crippen LogP contribution in [0.25, 0.3) is 10.9 Å². The van der Waals surface area contributed by atoms with Crippen LogP contribution >= 0.6 is 0 Å². The molecule has 0 aliphatic carbocycles. The predicted molar refractivity (Wildman–Crippen MR) is 99.7 cm³/mol. The molecule has 2 amide bonds. The molecule has 6 nitrogen and oxygen atoms in total. The Hall–Kier alpha value is -3.28. The number of rotatable bonds is 5. The summed E-state index contributed by atoms with van der Waals surface area (Å²) < 4.78 is 5.46. The topological polar surface area (TPSA) is 83.2 Å². The van der Waals surface area contributed by atoms with E-state index in [-0.39, 0.29) is 18.9 Å².